The van der Waals surface area contributed by atoms with E-state index in [1.165, 1.54) is 42.4 Å². The van der Waals surface area contributed by atoms with Crippen molar-refractivity contribution in [1.82, 2.24) is 0 Å². The van der Waals surface area contributed by atoms with Gasteiger partial charge in [-0.1, -0.05) is 146 Å². The van der Waals surface area contributed by atoms with Crippen LogP contribution in [0.5, 0.6) is 0 Å². The standard InChI is InChI=1S/2C24H20P.2ClH.Hg.4H2S.W/c2*1-5-13-21(14-6-1)25(22-15-7-2-8-16-22,23-17-9-3-10-18-23)24-19-11-4-12-20-24;;;;;;;;/h2*1-20H;2*1H;;4*1H2;/q2*+1;;;+2;;;;;/p-6. The fourth-order valence-electron chi connectivity index (χ4n) is 7.00. The molecule has 0 nitrogen and oxygen atoms in total. The third-order valence-electron chi connectivity index (χ3n) is 9.15. The van der Waals surface area contributed by atoms with Crippen LogP contribution in [0.25, 0.3) is 0 Å². The third-order valence-corrected chi connectivity index (χ3v) is 17.7. The molecule has 0 atom stereocenters. The molecule has 8 aromatic carbocycles. The third kappa shape index (κ3) is 12.6. The van der Waals surface area contributed by atoms with Gasteiger partial charge in [-0.2, -0.15) is 0 Å². The van der Waals surface area contributed by atoms with Crippen LogP contribution in [0.2, 0.25) is 0 Å². The van der Waals surface area contributed by atoms with Crippen LogP contribution in [0.1, 0.15) is 0 Å². The van der Waals surface area contributed by atoms with Gasteiger partial charge in [-0.15, -0.1) is 0 Å². The van der Waals surface area contributed by atoms with E-state index in [2.05, 4.69) is 243 Å². The predicted octanol–water partition coefficient (Wildman–Crippen LogP) is 8.91. The van der Waals surface area contributed by atoms with E-state index in [0.717, 1.165) is 0 Å². The van der Waals surface area contributed by atoms with Gasteiger partial charge in [0, 0.05) is 21.1 Å². The first kappa shape index (κ1) is 54.2. The number of benzene rings is 8. The van der Waals surface area contributed by atoms with Gasteiger partial charge in [0.25, 0.3) is 0 Å². The Hall–Kier alpha value is -1.78. The average Bonchev–Trinajstić information content (AvgIpc) is 3.25. The molecule has 0 amide bonds. The van der Waals surface area contributed by atoms with Crippen LogP contribution < -0.4 is 42.4 Å². The molecule has 8 aromatic rings. The zero-order valence-electron chi connectivity index (χ0n) is 31.6. The maximum Gasteiger partial charge on any atom is 0.144 e. The molecule has 0 spiro atoms. The number of hydrogen-bond donors (Lipinski definition) is 0. The van der Waals surface area contributed by atoms with E-state index in [1.54, 1.807) is 0 Å². The molecule has 0 unspecified atom stereocenters. The van der Waals surface area contributed by atoms with Crippen molar-refractivity contribution in [2.75, 3.05) is 0 Å². The summed E-state index contributed by atoms with van der Waals surface area (Å²) in [6.45, 7) is 0. The van der Waals surface area contributed by atoms with Gasteiger partial charge in [-0.25, -0.2) is 0 Å². The Morgan fingerprint density at radius 3 is 0.397 bits per heavy atom. The Kier molecular flexibility index (Phi) is 26.8. The van der Waals surface area contributed by atoms with Crippen LogP contribution in [-0.2, 0) is 97.2 Å². The molecule has 0 aliphatic carbocycles. The Bertz CT molecular complexity index is 1730. The summed E-state index contributed by atoms with van der Waals surface area (Å²) in [5, 5.41) is 11.1. The Morgan fingerprint density at radius 2 is 0.310 bits per heavy atom. The van der Waals surface area contributed by atoms with Gasteiger partial charge in [-0.05, 0) is 97.1 Å². The predicted molar refractivity (Wildman–Crippen MR) is 269 cm³/mol. The van der Waals surface area contributed by atoms with Crippen molar-refractivity contribution in [3.8, 4) is 0 Å². The van der Waals surface area contributed by atoms with Crippen molar-refractivity contribution >= 4 is 127 Å². The van der Waals surface area contributed by atoms with Crippen LogP contribution in [0.4, 0.5) is 0 Å². The topological polar surface area (TPSA) is 0 Å². The van der Waals surface area contributed by atoms with Crippen LogP contribution in [0.3, 0.4) is 0 Å². The second-order valence-corrected chi connectivity index (χ2v) is 26.8. The van der Waals surface area contributed by atoms with E-state index in [-0.39, 0.29) is 75.0 Å². The molecule has 0 saturated heterocycles. The largest absolute Gasteiger partial charge is 0.813 e. The van der Waals surface area contributed by atoms with Gasteiger partial charge in [0.15, 0.2) is 0 Å². The quantitative estimate of drug-likeness (QED) is 0.0646. The minimum absolute atomic E-state index is 0. The second kappa shape index (κ2) is 28.7. The minimum Gasteiger partial charge on any atom is -0.813 e. The smallest absolute Gasteiger partial charge is 0.144 e. The molecular formula is C48H44Cl2HgP2S4W-2. The molecule has 8 rings (SSSR count). The summed E-state index contributed by atoms with van der Waals surface area (Å²) in [5.74, 6) is 0. The van der Waals surface area contributed by atoms with Crippen LogP contribution in [0, 0.1) is 0 Å². The molecule has 294 valence electrons. The number of thiol groups is 4. The summed E-state index contributed by atoms with van der Waals surface area (Å²) in [7, 11) is 6.16. The first-order valence-electron chi connectivity index (χ1n) is 17.6. The average molecular weight is 1270 g/mol. The van der Waals surface area contributed by atoms with Gasteiger partial charge < -0.3 is 54.0 Å². The summed E-state index contributed by atoms with van der Waals surface area (Å²) >= 11 is -1.14. The van der Waals surface area contributed by atoms with Crippen molar-refractivity contribution in [1.29, 1.82) is 0 Å². The van der Waals surface area contributed by atoms with Crippen LogP contribution in [0.15, 0.2) is 243 Å². The van der Waals surface area contributed by atoms with Gasteiger partial charge in [0.05, 0.1) is 0 Å². The molecule has 0 aromatic heterocycles. The monoisotopic (exact) mass is 1270 g/mol. The summed E-state index contributed by atoms with van der Waals surface area (Å²) in [6.07, 6.45) is 0. The van der Waals surface area contributed by atoms with Gasteiger partial charge >= 0.3 is 38.6 Å². The number of halogens is 2. The summed E-state index contributed by atoms with van der Waals surface area (Å²) in [5.41, 5.74) is 0. The van der Waals surface area contributed by atoms with E-state index in [4.69, 9.17) is 16.5 Å². The molecule has 0 saturated carbocycles. The van der Waals surface area contributed by atoms with E-state index >= 15 is 0 Å². The summed E-state index contributed by atoms with van der Waals surface area (Å²) < 4.78 is 0. The Labute approximate surface area is 408 Å². The number of rotatable bonds is 8. The van der Waals surface area contributed by atoms with Gasteiger partial charge in [-0.3, -0.25) is 0 Å². The maximum absolute atomic E-state index is 4.99. The van der Waals surface area contributed by atoms with Crippen molar-refractivity contribution < 1.29 is 43.2 Å². The minimum atomic E-state index is -1.91. The summed E-state index contributed by atoms with van der Waals surface area (Å²) in [4.78, 5) is 0. The molecule has 0 bridgehead atoms. The number of hydrogen-bond acceptors (Lipinski definition) is 4. The second-order valence-electron chi connectivity index (χ2n) is 12.1. The molecule has 0 radical (unpaired) electrons. The normalized spacial score (nSPS) is 9.83. The molecule has 0 aliphatic heterocycles. The molecule has 0 fully saturated rings. The van der Waals surface area contributed by atoms with Gasteiger partial charge in [0.2, 0.25) is 0 Å². The molecule has 0 aliphatic rings. The fraction of sp³-hybridized carbons (Fsp3) is 0. The van der Waals surface area contributed by atoms with Crippen molar-refractivity contribution in [3.63, 3.8) is 0 Å². The van der Waals surface area contributed by atoms with E-state index in [0.29, 0.717) is 0 Å². The first-order chi connectivity index (χ1) is 26.3. The SMILES string of the molecule is [Cl][Hg][Cl].[SH-].[SH-].[SH-].[SH-].[W].c1ccc([P+](c2ccccc2)(c2ccccc2)c2ccccc2)cc1.c1ccc([P+](c2ccccc2)(c2ccccc2)c2ccccc2)cc1. The fourth-order valence-corrected chi connectivity index (χ4v) is 15.5. The Balaban J connectivity index is 0.000000503. The van der Waals surface area contributed by atoms with E-state index in [9.17, 15) is 0 Å². The van der Waals surface area contributed by atoms with E-state index in [1.807, 2.05) is 0 Å². The zero-order chi connectivity index (χ0) is 36.6. The molecule has 0 heterocycles. The maximum atomic E-state index is 4.99. The first-order valence-corrected chi connectivity index (χ1v) is 34.7. The zero-order valence-corrected chi connectivity index (χ0v) is 47.0. The summed E-state index contributed by atoms with van der Waals surface area (Å²) in [6, 6.07) is 87.7. The molecule has 0 N–H and O–H groups in total. The Morgan fingerprint density at radius 1 is 0.224 bits per heavy atom. The van der Waals surface area contributed by atoms with Gasteiger partial charge in [0.1, 0.15) is 57.0 Å². The van der Waals surface area contributed by atoms with Crippen molar-refractivity contribution in [2.24, 2.45) is 0 Å². The molecule has 10 heteroatoms. The molecule has 58 heavy (non-hydrogen) atoms. The van der Waals surface area contributed by atoms with Crippen LogP contribution in [-0.4, -0.2) is 0 Å². The van der Waals surface area contributed by atoms with Crippen LogP contribution >= 0.6 is 31.0 Å². The van der Waals surface area contributed by atoms with E-state index < -0.39 is 36.6 Å². The van der Waals surface area contributed by atoms with Crippen molar-refractivity contribution in [3.05, 3.63) is 243 Å². The molecular weight excluding hydrogens is 1220 g/mol. The van der Waals surface area contributed by atoms with Crippen molar-refractivity contribution in [2.45, 2.75) is 0 Å².